The van der Waals surface area contributed by atoms with Crippen LogP contribution in [0.15, 0.2) is 53.4 Å². The number of esters is 1. The summed E-state index contributed by atoms with van der Waals surface area (Å²) in [5.41, 5.74) is 0.552. The van der Waals surface area contributed by atoms with E-state index in [2.05, 4.69) is 5.32 Å². The SMILES string of the molecule is C[C@H](OC(=O)CSc1ccccc1)C(=O)Nc1ccc2c(c1)OCO2. The lowest BCUT2D eigenvalue weighted by molar-refractivity contribution is -0.150. The number of ether oxygens (including phenoxy) is 3. The van der Waals surface area contributed by atoms with Crippen LogP contribution in [-0.2, 0) is 14.3 Å². The van der Waals surface area contributed by atoms with Crippen molar-refractivity contribution in [3.05, 3.63) is 48.5 Å². The van der Waals surface area contributed by atoms with Gasteiger partial charge < -0.3 is 19.5 Å². The quantitative estimate of drug-likeness (QED) is 0.631. The number of thioether (sulfide) groups is 1. The van der Waals surface area contributed by atoms with Crippen LogP contribution < -0.4 is 14.8 Å². The first-order valence-corrected chi connectivity index (χ1v) is 8.68. The third-order valence-corrected chi connectivity index (χ3v) is 4.40. The zero-order valence-electron chi connectivity index (χ0n) is 13.6. The van der Waals surface area contributed by atoms with Gasteiger partial charge in [-0.25, -0.2) is 0 Å². The molecule has 2 aromatic rings. The molecule has 1 aliphatic heterocycles. The van der Waals surface area contributed by atoms with Crippen LogP contribution in [0, 0.1) is 0 Å². The van der Waals surface area contributed by atoms with Crippen molar-refractivity contribution in [2.24, 2.45) is 0 Å². The van der Waals surface area contributed by atoms with Crippen LogP contribution in [0.25, 0.3) is 0 Å². The second-order valence-electron chi connectivity index (χ2n) is 5.29. The minimum atomic E-state index is -0.894. The van der Waals surface area contributed by atoms with Crippen molar-refractivity contribution in [3.63, 3.8) is 0 Å². The molecule has 1 N–H and O–H groups in total. The molecule has 6 nitrogen and oxygen atoms in total. The van der Waals surface area contributed by atoms with Gasteiger partial charge in [0.25, 0.3) is 5.91 Å². The van der Waals surface area contributed by atoms with Gasteiger partial charge in [-0.15, -0.1) is 11.8 Å². The summed E-state index contributed by atoms with van der Waals surface area (Å²) in [6, 6.07) is 14.6. The summed E-state index contributed by atoms with van der Waals surface area (Å²) in [6.07, 6.45) is -0.894. The molecule has 7 heteroatoms. The van der Waals surface area contributed by atoms with Gasteiger partial charge in [0.15, 0.2) is 17.6 Å². The summed E-state index contributed by atoms with van der Waals surface area (Å²) in [5.74, 6) is 0.502. The molecule has 0 saturated heterocycles. The molecule has 1 aliphatic rings. The first-order chi connectivity index (χ1) is 12.1. The fraction of sp³-hybridized carbons (Fsp3) is 0.222. The van der Waals surface area contributed by atoms with Crippen molar-refractivity contribution < 1.29 is 23.8 Å². The fourth-order valence-electron chi connectivity index (χ4n) is 2.16. The van der Waals surface area contributed by atoms with Crippen molar-refractivity contribution in [1.82, 2.24) is 0 Å². The van der Waals surface area contributed by atoms with Crippen LogP contribution in [0.3, 0.4) is 0 Å². The van der Waals surface area contributed by atoms with Crippen LogP contribution in [0.4, 0.5) is 5.69 Å². The van der Waals surface area contributed by atoms with E-state index in [0.717, 1.165) is 4.90 Å². The summed E-state index contributed by atoms with van der Waals surface area (Å²) in [6.45, 7) is 1.70. The van der Waals surface area contributed by atoms with E-state index in [0.29, 0.717) is 17.2 Å². The highest BCUT2D eigenvalue weighted by molar-refractivity contribution is 8.00. The number of carbonyl (C=O) groups is 2. The summed E-state index contributed by atoms with van der Waals surface area (Å²) >= 11 is 1.36. The van der Waals surface area contributed by atoms with Gasteiger partial charge in [-0.05, 0) is 31.2 Å². The Bertz CT molecular complexity index is 765. The molecule has 1 heterocycles. The minimum Gasteiger partial charge on any atom is -0.454 e. The van der Waals surface area contributed by atoms with Crippen LogP contribution >= 0.6 is 11.8 Å². The molecule has 1 atom stereocenters. The Morgan fingerprint density at radius 1 is 1.16 bits per heavy atom. The standard InChI is InChI=1S/C18H17NO5S/c1-12(24-17(20)10-25-14-5-3-2-4-6-14)18(21)19-13-7-8-15-16(9-13)23-11-22-15/h2-9,12H,10-11H2,1H3,(H,19,21)/t12-/m0/s1. The number of anilines is 1. The minimum absolute atomic E-state index is 0.145. The second-order valence-corrected chi connectivity index (χ2v) is 6.34. The number of amides is 1. The van der Waals surface area contributed by atoms with E-state index >= 15 is 0 Å². The average Bonchev–Trinajstić information content (AvgIpc) is 3.08. The van der Waals surface area contributed by atoms with E-state index < -0.39 is 18.0 Å². The van der Waals surface area contributed by atoms with Crippen LogP contribution in [0.2, 0.25) is 0 Å². The number of hydrogen-bond acceptors (Lipinski definition) is 6. The molecular weight excluding hydrogens is 342 g/mol. The van der Waals surface area contributed by atoms with Crippen LogP contribution in [-0.4, -0.2) is 30.5 Å². The van der Waals surface area contributed by atoms with Gasteiger partial charge in [0, 0.05) is 16.6 Å². The molecule has 0 saturated carbocycles. The van der Waals surface area contributed by atoms with Crippen molar-refractivity contribution in [1.29, 1.82) is 0 Å². The molecule has 0 bridgehead atoms. The van der Waals surface area contributed by atoms with E-state index in [1.807, 2.05) is 30.3 Å². The Labute approximate surface area is 149 Å². The third kappa shape index (κ3) is 4.67. The molecule has 0 aliphatic carbocycles. The molecule has 3 rings (SSSR count). The Morgan fingerprint density at radius 3 is 2.72 bits per heavy atom. The second kappa shape index (κ2) is 7.94. The number of benzene rings is 2. The molecular formula is C18H17NO5S. The average molecular weight is 359 g/mol. The number of fused-ring (bicyclic) bond motifs is 1. The molecule has 2 aromatic carbocycles. The van der Waals surface area contributed by atoms with Gasteiger partial charge in [-0.3, -0.25) is 9.59 Å². The maximum absolute atomic E-state index is 12.2. The number of nitrogens with one attached hydrogen (secondary N) is 1. The maximum atomic E-state index is 12.2. The Balaban J connectivity index is 1.48. The van der Waals surface area contributed by atoms with Gasteiger partial charge in [-0.1, -0.05) is 18.2 Å². The van der Waals surface area contributed by atoms with E-state index in [1.54, 1.807) is 18.2 Å². The number of hydrogen-bond donors (Lipinski definition) is 1. The summed E-state index contributed by atoms with van der Waals surface area (Å²) in [5, 5.41) is 2.69. The predicted molar refractivity (Wildman–Crippen MR) is 93.9 cm³/mol. The van der Waals surface area contributed by atoms with Gasteiger partial charge in [0.05, 0.1) is 5.75 Å². The fourth-order valence-corrected chi connectivity index (χ4v) is 2.86. The van der Waals surface area contributed by atoms with Gasteiger partial charge >= 0.3 is 5.97 Å². The largest absolute Gasteiger partial charge is 0.454 e. The van der Waals surface area contributed by atoms with Crippen LogP contribution in [0.5, 0.6) is 11.5 Å². The predicted octanol–water partition coefficient (Wildman–Crippen LogP) is 3.08. The van der Waals surface area contributed by atoms with Crippen LogP contribution in [0.1, 0.15) is 6.92 Å². The lowest BCUT2D eigenvalue weighted by atomic mass is 10.2. The van der Waals surface area contributed by atoms with E-state index in [9.17, 15) is 9.59 Å². The first kappa shape index (κ1) is 17.2. The molecule has 25 heavy (non-hydrogen) atoms. The van der Waals surface area contributed by atoms with Gasteiger partial charge in [-0.2, -0.15) is 0 Å². The van der Waals surface area contributed by atoms with E-state index in [1.165, 1.54) is 18.7 Å². The topological polar surface area (TPSA) is 73.9 Å². The zero-order chi connectivity index (χ0) is 17.6. The molecule has 0 aromatic heterocycles. The molecule has 0 spiro atoms. The molecule has 0 fully saturated rings. The molecule has 0 radical (unpaired) electrons. The number of rotatable bonds is 6. The number of carbonyl (C=O) groups excluding carboxylic acids is 2. The smallest absolute Gasteiger partial charge is 0.317 e. The lowest BCUT2D eigenvalue weighted by Gasteiger charge is -2.13. The summed E-state index contributed by atoms with van der Waals surface area (Å²) < 4.78 is 15.6. The lowest BCUT2D eigenvalue weighted by Crippen LogP contribution is -2.30. The van der Waals surface area contributed by atoms with Gasteiger partial charge in [0.2, 0.25) is 6.79 Å². The summed E-state index contributed by atoms with van der Waals surface area (Å²) in [4.78, 5) is 25.0. The highest BCUT2D eigenvalue weighted by Crippen LogP contribution is 2.34. The van der Waals surface area contributed by atoms with Crippen molar-refractivity contribution in [2.75, 3.05) is 17.9 Å². The Hall–Kier alpha value is -2.67. The van der Waals surface area contributed by atoms with E-state index in [4.69, 9.17) is 14.2 Å². The van der Waals surface area contributed by atoms with E-state index in [-0.39, 0.29) is 12.5 Å². The highest BCUT2D eigenvalue weighted by Gasteiger charge is 2.19. The van der Waals surface area contributed by atoms with Crippen molar-refractivity contribution in [2.45, 2.75) is 17.9 Å². The maximum Gasteiger partial charge on any atom is 0.317 e. The molecule has 1 amide bonds. The van der Waals surface area contributed by atoms with Crippen molar-refractivity contribution in [3.8, 4) is 11.5 Å². The van der Waals surface area contributed by atoms with Crippen molar-refractivity contribution >= 4 is 29.3 Å². The Morgan fingerprint density at radius 2 is 1.92 bits per heavy atom. The summed E-state index contributed by atoms with van der Waals surface area (Å²) in [7, 11) is 0. The molecule has 130 valence electrons. The first-order valence-electron chi connectivity index (χ1n) is 7.69. The highest BCUT2D eigenvalue weighted by atomic mass is 32.2. The Kier molecular flexibility index (Phi) is 5.45. The molecule has 0 unspecified atom stereocenters. The monoisotopic (exact) mass is 359 g/mol. The third-order valence-electron chi connectivity index (χ3n) is 3.42. The zero-order valence-corrected chi connectivity index (χ0v) is 14.4. The normalized spacial score (nSPS) is 13.2. The van der Waals surface area contributed by atoms with Gasteiger partial charge in [0.1, 0.15) is 0 Å².